The smallest absolute Gasteiger partial charge is 0.269 e. The van der Waals surface area contributed by atoms with Crippen molar-refractivity contribution in [3.05, 3.63) is 29.8 Å². The molecule has 0 atom stereocenters. The third-order valence-corrected chi connectivity index (χ3v) is 4.56. The van der Waals surface area contributed by atoms with Gasteiger partial charge in [0.05, 0.1) is 12.1 Å². The Morgan fingerprint density at radius 1 is 1.22 bits per heavy atom. The second-order valence-corrected chi connectivity index (χ2v) is 5.57. The number of hydrogen-bond acceptors (Lipinski definition) is 5. The molecule has 0 aliphatic carbocycles. The Kier molecular flexibility index (Phi) is 3.38. The van der Waals surface area contributed by atoms with Crippen molar-refractivity contribution in [1.82, 2.24) is 4.31 Å². The van der Waals surface area contributed by atoms with Crippen LogP contribution >= 0.6 is 0 Å². The summed E-state index contributed by atoms with van der Waals surface area (Å²) in [6.07, 6.45) is -0.780. The molecule has 0 N–H and O–H groups in total. The highest BCUT2D eigenvalue weighted by Crippen LogP contribution is 2.30. The topological polar surface area (TPSA) is 72.9 Å². The molecule has 0 fully saturated rings. The molecule has 1 aliphatic heterocycles. The van der Waals surface area contributed by atoms with Crippen LogP contribution in [0.1, 0.15) is 10.4 Å². The highest BCUT2D eigenvalue weighted by atomic mass is 32.2. The van der Waals surface area contributed by atoms with Gasteiger partial charge in [-0.2, -0.15) is 0 Å². The summed E-state index contributed by atoms with van der Waals surface area (Å²) in [7, 11) is -1.02. The van der Waals surface area contributed by atoms with Crippen molar-refractivity contribution in [3.8, 4) is 0 Å². The van der Waals surface area contributed by atoms with Gasteiger partial charge in [0.1, 0.15) is 4.90 Å². The molecule has 7 heteroatoms. The first-order valence-electron chi connectivity index (χ1n) is 5.24. The number of rotatable bonds is 4. The third kappa shape index (κ3) is 1.90. The van der Waals surface area contributed by atoms with Gasteiger partial charge < -0.3 is 9.47 Å². The van der Waals surface area contributed by atoms with Crippen molar-refractivity contribution < 1.29 is 22.7 Å². The van der Waals surface area contributed by atoms with Crippen LogP contribution in [0.15, 0.2) is 29.2 Å². The van der Waals surface area contributed by atoms with Crippen LogP contribution in [0.4, 0.5) is 0 Å². The zero-order valence-corrected chi connectivity index (χ0v) is 10.8. The maximum absolute atomic E-state index is 12.2. The van der Waals surface area contributed by atoms with Gasteiger partial charge in [0.25, 0.3) is 15.9 Å². The summed E-state index contributed by atoms with van der Waals surface area (Å²) in [6.45, 7) is -0.164. The van der Waals surface area contributed by atoms with E-state index in [1.54, 1.807) is 12.1 Å². The van der Waals surface area contributed by atoms with E-state index in [1.807, 2.05) is 0 Å². The summed E-state index contributed by atoms with van der Waals surface area (Å²) in [4.78, 5) is 12.0. The third-order valence-electron chi connectivity index (χ3n) is 2.75. The van der Waals surface area contributed by atoms with Crippen molar-refractivity contribution in [2.24, 2.45) is 0 Å². The molecular formula is C11H13NO5S. The zero-order valence-electron chi connectivity index (χ0n) is 9.99. The first-order chi connectivity index (χ1) is 8.52. The van der Waals surface area contributed by atoms with E-state index in [1.165, 1.54) is 26.4 Å². The van der Waals surface area contributed by atoms with E-state index >= 15 is 0 Å². The molecule has 1 heterocycles. The van der Waals surface area contributed by atoms with E-state index < -0.39 is 22.2 Å². The molecule has 1 amide bonds. The highest BCUT2D eigenvalue weighted by molar-refractivity contribution is 7.90. The van der Waals surface area contributed by atoms with Gasteiger partial charge >= 0.3 is 0 Å². The molecule has 98 valence electrons. The van der Waals surface area contributed by atoms with E-state index in [4.69, 9.17) is 9.47 Å². The predicted molar refractivity (Wildman–Crippen MR) is 62.5 cm³/mol. The number of carbonyl (C=O) groups is 1. The van der Waals surface area contributed by atoms with Crippen LogP contribution in [0.3, 0.4) is 0 Å². The molecule has 6 nitrogen and oxygen atoms in total. The molecule has 0 saturated carbocycles. The van der Waals surface area contributed by atoms with Crippen molar-refractivity contribution >= 4 is 15.9 Å². The van der Waals surface area contributed by atoms with Gasteiger partial charge in [-0.25, -0.2) is 12.7 Å². The Balaban J connectivity index is 2.39. The molecule has 0 aromatic heterocycles. The molecule has 1 aliphatic rings. The van der Waals surface area contributed by atoms with Crippen LogP contribution in [-0.2, 0) is 19.5 Å². The maximum atomic E-state index is 12.2. The van der Waals surface area contributed by atoms with Crippen LogP contribution < -0.4 is 0 Å². The number of benzene rings is 1. The van der Waals surface area contributed by atoms with Gasteiger partial charge in [-0.05, 0) is 12.1 Å². The van der Waals surface area contributed by atoms with Crippen molar-refractivity contribution in [2.75, 3.05) is 20.8 Å². The summed E-state index contributed by atoms with van der Waals surface area (Å²) < 4.78 is 34.9. The molecule has 18 heavy (non-hydrogen) atoms. The number of amides is 1. The van der Waals surface area contributed by atoms with Gasteiger partial charge in [-0.1, -0.05) is 12.1 Å². The van der Waals surface area contributed by atoms with Crippen LogP contribution in [0, 0.1) is 0 Å². The average molecular weight is 271 g/mol. The molecule has 0 radical (unpaired) electrons. The fraction of sp³-hybridized carbons (Fsp3) is 0.364. The lowest BCUT2D eigenvalue weighted by atomic mass is 10.2. The molecule has 0 spiro atoms. The number of fused-ring (bicyclic) bond motifs is 1. The monoisotopic (exact) mass is 271 g/mol. The lowest BCUT2D eigenvalue weighted by molar-refractivity contribution is -0.105. The number of nitrogens with zero attached hydrogens (tertiary/aromatic N) is 1. The fourth-order valence-corrected chi connectivity index (χ4v) is 3.35. The van der Waals surface area contributed by atoms with Crippen molar-refractivity contribution in [2.45, 2.75) is 11.2 Å². The summed E-state index contributed by atoms with van der Waals surface area (Å²) in [5.41, 5.74) is 0.184. The van der Waals surface area contributed by atoms with E-state index in [0.29, 0.717) is 0 Å². The minimum absolute atomic E-state index is 0.0287. The Morgan fingerprint density at radius 3 is 2.39 bits per heavy atom. The van der Waals surface area contributed by atoms with Crippen molar-refractivity contribution in [1.29, 1.82) is 0 Å². The number of sulfonamides is 1. The lowest BCUT2D eigenvalue weighted by Gasteiger charge is -2.20. The SMILES string of the molecule is COC(CN1C(=O)c2ccccc2S1(=O)=O)OC. The standard InChI is InChI=1S/C11H13NO5S/c1-16-10(17-2)7-12-11(13)8-5-3-4-6-9(8)18(12,14)15/h3-6,10H,7H2,1-2H3. The normalized spacial score (nSPS) is 17.3. The Morgan fingerprint density at radius 2 is 1.83 bits per heavy atom. The van der Waals surface area contributed by atoms with E-state index in [9.17, 15) is 13.2 Å². The van der Waals surface area contributed by atoms with E-state index in [2.05, 4.69) is 0 Å². The second kappa shape index (κ2) is 4.68. The highest BCUT2D eigenvalue weighted by Gasteiger charge is 2.41. The Hall–Kier alpha value is -1.44. The predicted octanol–water partition coefficient (Wildman–Crippen LogP) is 0.450. The van der Waals surface area contributed by atoms with Crippen LogP contribution in [-0.4, -0.2) is 45.7 Å². The number of hydrogen-bond donors (Lipinski definition) is 0. The lowest BCUT2D eigenvalue weighted by Crippen LogP contribution is -2.38. The minimum Gasteiger partial charge on any atom is -0.354 e. The average Bonchev–Trinajstić information content (AvgIpc) is 2.57. The largest absolute Gasteiger partial charge is 0.354 e. The Labute approximate surface area is 105 Å². The van der Waals surface area contributed by atoms with Gasteiger partial charge in [0.15, 0.2) is 6.29 Å². The first kappa shape index (κ1) is 13.0. The minimum atomic E-state index is -3.79. The van der Waals surface area contributed by atoms with Gasteiger partial charge in [0, 0.05) is 14.2 Å². The van der Waals surface area contributed by atoms with Gasteiger partial charge in [-0.3, -0.25) is 4.79 Å². The summed E-state index contributed by atoms with van der Waals surface area (Å²) in [6, 6.07) is 6.11. The summed E-state index contributed by atoms with van der Waals surface area (Å²) >= 11 is 0. The van der Waals surface area contributed by atoms with E-state index in [0.717, 1.165) is 4.31 Å². The molecule has 2 rings (SSSR count). The van der Waals surface area contributed by atoms with Gasteiger partial charge in [-0.15, -0.1) is 0 Å². The summed E-state index contributed by atoms with van der Waals surface area (Å²) in [5, 5.41) is 0. The van der Waals surface area contributed by atoms with Crippen LogP contribution in [0.2, 0.25) is 0 Å². The molecule has 1 aromatic carbocycles. The Bertz CT molecular complexity index is 565. The molecular weight excluding hydrogens is 258 g/mol. The first-order valence-corrected chi connectivity index (χ1v) is 6.68. The quantitative estimate of drug-likeness (QED) is 0.743. The number of carbonyl (C=O) groups excluding carboxylic acids is 1. The molecule has 0 bridgehead atoms. The number of ether oxygens (including phenoxy) is 2. The zero-order chi connectivity index (χ0) is 13.3. The molecule has 1 aromatic rings. The van der Waals surface area contributed by atoms with Crippen LogP contribution in [0.25, 0.3) is 0 Å². The fourth-order valence-electron chi connectivity index (χ4n) is 1.79. The molecule has 0 saturated heterocycles. The van der Waals surface area contributed by atoms with Gasteiger partial charge in [0.2, 0.25) is 0 Å². The molecule has 0 unspecified atom stereocenters. The maximum Gasteiger partial charge on any atom is 0.269 e. The second-order valence-electron chi connectivity index (χ2n) is 3.74. The summed E-state index contributed by atoms with van der Waals surface area (Å²) in [5.74, 6) is -0.551. The number of methoxy groups -OCH3 is 2. The van der Waals surface area contributed by atoms with Crippen molar-refractivity contribution in [3.63, 3.8) is 0 Å². The van der Waals surface area contributed by atoms with E-state index in [-0.39, 0.29) is 17.0 Å². The van der Waals surface area contributed by atoms with Crippen LogP contribution in [0.5, 0.6) is 0 Å².